The van der Waals surface area contributed by atoms with Crippen LogP contribution < -0.4 is 14.4 Å². The number of nitrogens with one attached hydrogen (secondary N) is 1. The smallest absolute Gasteiger partial charge is 0.338 e. The Hall–Kier alpha value is -2.78. The second-order valence-electron chi connectivity index (χ2n) is 6.34. The molecule has 2 aromatic carbocycles. The molecule has 0 saturated carbocycles. The highest BCUT2D eigenvalue weighted by molar-refractivity contribution is 7.92. The molecule has 8 nitrogen and oxygen atoms in total. The number of methoxy groups -OCH3 is 1. The maximum atomic E-state index is 12.6. The lowest BCUT2D eigenvalue weighted by atomic mass is 10.1. The summed E-state index contributed by atoms with van der Waals surface area (Å²) in [5, 5.41) is 2.86. The van der Waals surface area contributed by atoms with Gasteiger partial charge in [-0.25, -0.2) is 13.2 Å². The Labute approximate surface area is 180 Å². The van der Waals surface area contributed by atoms with Crippen LogP contribution in [0.25, 0.3) is 0 Å². The zero-order valence-corrected chi connectivity index (χ0v) is 18.6. The Kier molecular flexibility index (Phi) is 7.69. The van der Waals surface area contributed by atoms with Gasteiger partial charge in [0.2, 0.25) is 15.9 Å². The van der Waals surface area contributed by atoms with Gasteiger partial charge in [-0.2, -0.15) is 0 Å². The van der Waals surface area contributed by atoms with E-state index in [9.17, 15) is 18.0 Å². The van der Waals surface area contributed by atoms with Crippen molar-refractivity contribution < 1.29 is 27.5 Å². The summed E-state index contributed by atoms with van der Waals surface area (Å²) in [5.74, 6) is -0.710. The van der Waals surface area contributed by atoms with Crippen LogP contribution in [0.15, 0.2) is 36.4 Å². The molecular weight excluding hydrogens is 432 g/mol. The first kappa shape index (κ1) is 23.5. The molecule has 0 unspecified atom stereocenters. The highest BCUT2D eigenvalue weighted by Gasteiger charge is 2.23. The van der Waals surface area contributed by atoms with E-state index in [1.807, 2.05) is 0 Å². The molecule has 162 valence electrons. The molecule has 30 heavy (non-hydrogen) atoms. The fourth-order valence-electron chi connectivity index (χ4n) is 2.73. The van der Waals surface area contributed by atoms with Crippen molar-refractivity contribution in [1.29, 1.82) is 0 Å². The summed E-state index contributed by atoms with van der Waals surface area (Å²) >= 11 is 6.09. The minimum absolute atomic E-state index is 0.210. The molecule has 0 heterocycles. The van der Waals surface area contributed by atoms with Crippen molar-refractivity contribution >= 4 is 44.9 Å². The van der Waals surface area contributed by atoms with E-state index in [1.54, 1.807) is 32.0 Å². The standard InChI is InChI=1S/C20H23ClN2O6S/c1-5-29-20(25)15-7-6-8-17(13(15)2)22-19(24)12-23(30(4,26)27)14-9-10-18(28-3)16(21)11-14/h6-11H,5,12H2,1-4H3,(H,22,24). The quantitative estimate of drug-likeness (QED) is 0.614. The Morgan fingerprint density at radius 3 is 2.47 bits per heavy atom. The fraction of sp³-hybridized carbons (Fsp3) is 0.300. The predicted molar refractivity (Wildman–Crippen MR) is 116 cm³/mol. The summed E-state index contributed by atoms with van der Waals surface area (Å²) in [6.45, 7) is 3.11. The number of benzene rings is 2. The zero-order valence-electron chi connectivity index (χ0n) is 17.1. The van der Waals surface area contributed by atoms with Gasteiger partial charge in [0.05, 0.1) is 36.2 Å². The minimum atomic E-state index is -3.78. The lowest BCUT2D eigenvalue weighted by Gasteiger charge is -2.23. The van der Waals surface area contributed by atoms with E-state index >= 15 is 0 Å². The summed E-state index contributed by atoms with van der Waals surface area (Å²) in [7, 11) is -2.34. The number of amides is 1. The number of carbonyl (C=O) groups is 2. The summed E-state index contributed by atoms with van der Waals surface area (Å²) < 4.78 is 35.6. The van der Waals surface area contributed by atoms with Crippen molar-refractivity contribution in [1.82, 2.24) is 0 Å². The van der Waals surface area contributed by atoms with E-state index in [2.05, 4.69) is 5.32 Å². The molecule has 0 atom stereocenters. The molecule has 2 rings (SSSR count). The van der Waals surface area contributed by atoms with Crippen molar-refractivity contribution in [2.75, 3.05) is 36.1 Å². The van der Waals surface area contributed by atoms with Gasteiger partial charge in [-0.15, -0.1) is 0 Å². The molecule has 0 aliphatic carbocycles. The van der Waals surface area contributed by atoms with Crippen LogP contribution >= 0.6 is 11.6 Å². The molecule has 0 spiro atoms. The van der Waals surface area contributed by atoms with E-state index in [-0.39, 0.29) is 17.3 Å². The number of hydrogen-bond acceptors (Lipinski definition) is 6. The van der Waals surface area contributed by atoms with E-state index in [0.717, 1.165) is 10.6 Å². The molecule has 0 bridgehead atoms. The van der Waals surface area contributed by atoms with Crippen molar-refractivity contribution in [2.24, 2.45) is 0 Å². The first-order valence-corrected chi connectivity index (χ1v) is 11.2. The third-order valence-electron chi connectivity index (χ3n) is 4.21. The van der Waals surface area contributed by atoms with Gasteiger partial charge < -0.3 is 14.8 Å². The molecule has 10 heteroatoms. The number of ether oxygens (including phenoxy) is 2. The number of rotatable bonds is 8. The van der Waals surface area contributed by atoms with Crippen LogP contribution in [-0.4, -0.2) is 46.8 Å². The van der Waals surface area contributed by atoms with Crippen molar-refractivity contribution in [3.05, 3.63) is 52.5 Å². The summed E-state index contributed by atoms with van der Waals surface area (Å²) in [6.07, 6.45) is 0.991. The number of nitrogens with zero attached hydrogens (tertiary/aromatic N) is 1. The van der Waals surface area contributed by atoms with Crippen LogP contribution in [0.1, 0.15) is 22.8 Å². The molecule has 1 amide bonds. The van der Waals surface area contributed by atoms with Gasteiger partial charge in [-0.05, 0) is 49.7 Å². The Morgan fingerprint density at radius 2 is 1.90 bits per heavy atom. The Morgan fingerprint density at radius 1 is 1.20 bits per heavy atom. The molecule has 0 aliphatic rings. The third kappa shape index (κ3) is 5.64. The lowest BCUT2D eigenvalue weighted by molar-refractivity contribution is -0.114. The molecule has 0 aromatic heterocycles. The minimum Gasteiger partial charge on any atom is -0.495 e. The van der Waals surface area contributed by atoms with E-state index in [0.29, 0.717) is 22.6 Å². The Bertz CT molecular complexity index is 1060. The van der Waals surface area contributed by atoms with Crippen LogP contribution in [0.3, 0.4) is 0 Å². The maximum absolute atomic E-state index is 12.6. The second kappa shape index (κ2) is 9.82. The van der Waals surface area contributed by atoms with Gasteiger partial charge in [0.1, 0.15) is 12.3 Å². The topological polar surface area (TPSA) is 102 Å². The molecule has 0 aliphatic heterocycles. The lowest BCUT2D eigenvalue weighted by Crippen LogP contribution is -2.37. The monoisotopic (exact) mass is 454 g/mol. The van der Waals surface area contributed by atoms with E-state index in [1.165, 1.54) is 25.3 Å². The SMILES string of the molecule is CCOC(=O)c1cccc(NC(=O)CN(c2ccc(OC)c(Cl)c2)S(C)(=O)=O)c1C. The molecule has 0 saturated heterocycles. The largest absolute Gasteiger partial charge is 0.495 e. The zero-order chi connectivity index (χ0) is 22.5. The number of hydrogen-bond donors (Lipinski definition) is 1. The predicted octanol–water partition coefficient (Wildman–Crippen LogP) is 3.24. The van der Waals surface area contributed by atoms with Crippen LogP contribution in [0, 0.1) is 6.92 Å². The van der Waals surface area contributed by atoms with Crippen LogP contribution in [0.4, 0.5) is 11.4 Å². The third-order valence-corrected chi connectivity index (χ3v) is 5.65. The highest BCUT2D eigenvalue weighted by atomic mass is 35.5. The summed E-state index contributed by atoms with van der Waals surface area (Å²) in [5.41, 5.74) is 1.43. The maximum Gasteiger partial charge on any atom is 0.338 e. The number of anilines is 2. The van der Waals surface area contributed by atoms with Gasteiger partial charge in [0.25, 0.3) is 0 Å². The number of esters is 1. The molecular formula is C20H23ClN2O6S. The number of halogens is 1. The summed E-state index contributed by atoms with van der Waals surface area (Å²) in [6, 6.07) is 9.22. The van der Waals surface area contributed by atoms with Gasteiger partial charge in [-0.1, -0.05) is 17.7 Å². The first-order valence-electron chi connectivity index (χ1n) is 8.96. The average molecular weight is 455 g/mol. The first-order chi connectivity index (χ1) is 14.1. The number of carbonyl (C=O) groups excluding carboxylic acids is 2. The van der Waals surface area contributed by atoms with Gasteiger partial charge in [0, 0.05) is 5.69 Å². The van der Waals surface area contributed by atoms with E-state index in [4.69, 9.17) is 21.1 Å². The normalized spacial score (nSPS) is 11.0. The summed E-state index contributed by atoms with van der Waals surface area (Å²) in [4.78, 5) is 24.7. The molecule has 0 radical (unpaired) electrons. The Balaban J connectivity index is 2.27. The van der Waals surface area contributed by atoms with Gasteiger partial charge in [0.15, 0.2) is 0 Å². The fourth-order valence-corrected chi connectivity index (χ4v) is 3.83. The molecule has 2 aromatic rings. The van der Waals surface area contributed by atoms with E-state index < -0.39 is 28.4 Å². The molecule has 0 fully saturated rings. The number of sulfonamides is 1. The van der Waals surface area contributed by atoms with Crippen LogP contribution in [-0.2, 0) is 19.6 Å². The van der Waals surface area contributed by atoms with Gasteiger partial charge >= 0.3 is 5.97 Å². The van der Waals surface area contributed by atoms with Crippen LogP contribution in [0.2, 0.25) is 5.02 Å². The highest BCUT2D eigenvalue weighted by Crippen LogP contribution is 2.30. The van der Waals surface area contributed by atoms with Crippen molar-refractivity contribution in [3.63, 3.8) is 0 Å². The van der Waals surface area contributed by atoms with Crippen molar-refractivity contribution in [3.8, 4) is 5.75 Å². The average Bonchev–Trinajstić information content (AvgIpc) is 2.67. The van der Waals surface area contributed by atoms with Crippen LogP contribution in [0.5, 0.6) is 5.75 Å². The van der Waals surface area contributed by atoms with Gasteiger partial charge in [-0.3, -0.25) is 9.10 Å². The second-order valence-corrected chi connectivity index (χ2v) is 8.65. The molecule has 1 N–H and O–H groups in total. The van der Waals surface area contributed by atoms with Crippen molar-refractivity contribution in [2.45, 2.75) is 13.8 Å².